The van der Waals surface area contributed by atoms with E-state index >= 15 is 0 Å². The number of hydrogen-bond acceptors (Lipinski definition) is 4. The Labute approximate surface area is 199 Å². The lowest BCUT2D eigenvalue weighted by Gasteiger charge is -2.37. The van der Waals surface area contributed by atoms with Gasteiger partial charge in [0.2, 0.25) is 0 Å². The van der Waals surface area contributed by atoms with E-state index in [0.717, 1.165) is 11.1 Å². The van der Waals surface area contributed by atoms with Crippen molar-refractivity contribution < 1.29 is 13.9 Å². The maximum atomic E-state index is 6.52. The normalized spacial score (nSPS) is 21.6. The number of nitrogens with one attached hydrogen (secondary N) is 1. The summed E-state index contributed by atoms with van der Waals surface area (Å²) in [5.74, 6) is 0. The van der Waals surface area contributed by atoms with Gasteiger partial charge in [-0.15, -0.1) is 0 Å². The van der Waals surface area contributed by atoms with Crippen molar-refractivity contribution in [2.45, 2.75) is 77.3 Å². The fourth-order valence-electron chi connectivity index (χ4n) is 3.37. The number of rotatable bonds is 9. The Balaban J connectivity index is 1.71. The van der Waals surface area contributed by atoms with E-state index in [1.54, 1.807) is 0 Å². The first-order valence-corrected chi connectivity index (χ1v) is 14.7. The molecule has 1 fully saturated rings. The Morgan fingerprint density at radius 1 is 0.906 bits per heavy atom. The summed E-state index contributed by atoms with van der Waals surface area (Å²) in [6, 6.07) is 18.6. The second kappa shape index (κ2) is 10.6. The molecular formula is C26H37NO3SSi. The molecule has 2 aromatic rings. The highest BCUT2D eigenvalue weighted by Gasteiger charge is 2.44. The summed E-state index contributed by atoms with van der Waals surface area (Å²) >= 11 is 5.68. The summed E-state index contributed by atoms with van der Waals surface area (Å²) in [5.41, 5.74) is 3.50. The molecule has 3 unspecified atom stereocenters. The summed E-state index contributed by atoms with van der Waals surface area (Å²) < 4.78 is 19.2. The molecule has 0 bridgehead atoms. The van der Waals surface area contributed by atoms with Crippen molar-refractivity contribution in [1.82, 2.24) is 5.32 Å². The van der Waals surface area contributed by atoms with Gasteiger partial charge in [-0.2, -0.15) is 0 Å². The van der Waals surface area contributed by atoms with Gasteiger partial charge in [0, 0.05) is 0 Å². The predicted molar refractivity (Wildman–Crippen MR) is 137 cm³/mol. The standard InChI is InChI=1S/C26H37NO3SSi/c1-19-12-14-21(15-13-19)17-28-23-22(18-30-32(5,6)26(2,3)4)27-25(31)24(23)29-16-20-10-8-7-9-11-20/h7-15,22-24H,16-18H2,1-6H3,(H,27,31). The van der Waals surface area contributed by atoms with Gasteiger partial charge in [0.15, 0.2) is 8.32 Å². The highest BCUT2D eigenvalue weighted by atomic mass is 32.1. The molecule has 0 saturated carbocycles. The average Bonchev–Trinajstić information content (AvgIpc) is 3.04. The molecular weight excluding hydrogens is 434 g/mol. The van der Waals surface area contributed by atoms with Gasteiger partial charge in [-0.25, -0.2) is 0 Å². The van der Waals surface area contributed by atoms with Crippen LogP contribution in [0, 0.1) is 6.92 Å². The average molecular weight is 472 g/mol. The lowest BCUT2D eigenvalue weighted by atomic mass is 10.1. The van der Waals surface area contributed by atoms with Gasteiger partial charge in [0.1, 0.15) is 17.2 Å². The third-order valence-electron chi connectivity index (χ3n) is 6.55. The van der Waals surface area contributed by atoms with Crippen LogP contribution in [-0.4, -0.2) is 38.2 Å². The van der Waals surface area contributed by atoms with Crippen molar-refractivity contribution in [3.8, 4) is 0 Å². The molecule has 1 saturated heterocycles. The van der Waals surface area contributed by atoms with Crippen LogP contribution >= 0.6 is 12.2 Å². The monoisotopic (exact) mass is 471 g/mol. The summed E-state index contributed by atoms with van der Waals surface area (Å²) in [5, 5.41) is 3.58. The van der Waals surface area contributed by atoms with Crippen molar-refractivity contribution in [3.05, 3.63) is 71.3 Å². The fraction of sp³-hybridized carbons (Fsp3) is 0.500. The highest BCUT2D eigenvalue weighted by molar-refractivity contribution is 7.80. The van der Waals surface area contributed by atoms with Crippen LogP contribution in [0.2, 0.25) is 18.1 Å². The Kier molecular flexibility index (Phi) is 8.28. The van der Waals surface area contributed by atoms with E-state index in [2.05, 4.69) is 82.5 Å². The minimum absolute atomic E-state index is 0.0390. The Hall–Kier alpha value is -1.57. The lowest BCUT2D eigenvalue weighted by molar-refractivity contribution is -0.0610. The third kappa shape index (κ3) is 6.48. The van der Waals surface area contributed by atoms with Crippen molar-refractivity contribution in [2.75, 3.05) is 6.61 Å². The van der Waals surface area contributed by atoms with Gasteiger partial charge < -0.3 is 19.2 Å². The Bertz CT molecular complexity index is 880. The van der Waals surface area contributed by atoms with Crippen molar-refractivity contribution in [3.63, 3.8) is 0 Å². The summed E-state index contributed by atoms with van der Waals surface area (Å²) in [6.45, 7) is 14.9. The first-order chi connectivity index (χ1) is 15.1. The van der Waals surface area contributed by atoms with E-state index in [1.807, 2.05) is 18.2 Å². The molecule has 4 nitrogen and oxygen atoms in total. The molecule has 2 aromatic carbocycles. The molecule has 0 spiro atoms. The van der Waals surface area contributed by atoms with Gasteiger partial charge in [0.05, 0.1) is 25.9 Å². The molecule has 0 amide bonds. The molecule has 1 aliphatic rings. The fourth-order valence-corrected chi connectivity index (χ4v) is 4.75. The molecule has 1 heterocycles. The molecule has 1 N–H and O–H groups in total. The van der Waals surface area contributed by atoms with Gasteiger partial charge in [-0.3, -0.25) is 0 Å². The first kappa shape index (κ1) is 25.1. The molecule has 0 aliphatic carbocycles. The summed E-state index contributed by atoms with van der Waals surface area (Å²) in [4.78, 5) is 0.693. The van der Waals surface area contributed by atoms with E-state index in [1.165, 1.54) is 5.56 Å². The van der Waals surface area contributed by atoms with Crippen molar-refractivity contribution in [2.24, 2.45) is 0 Å². The Morgan fingerprint density at radius 3 is 2.12 bits per heavy atom. The number of ether oxygens (including phenoxy) is 2. The second-order valence-electron chi connectivity index (χ2n) is 10.2. The second-order valence-corrected chi connectivity index (χ2v) is 15.4. The van der Waals surface area contributed by atoms with Crippen LogP contribution in [0.1, 0.15) is 37.5 Å². The van der Waals surface area contributed by atoms with E-state index < -0.39 is 8.32 Å². The zero-order valence-electron chi connectivity index (χ0n) is 20.2. The van der Waals surface area contributed by atoms with Crippen LogP contribution in [0.5, 0.6) is 0 Å². The zero-order chi connectivity index (χ0) is 23.4. The van der Waals surface area contributed by atoms with Gasteiger partial charge in [-0.1, -0.05) is 93.1 Å². The van der Waals surface area contributed by atoms with Crippen LogP contribution in [0.4, 0.5) is 0 Å². The van der Waals surface area contributed by atoms with Crippen LogP contribution in [0.25, 0.3) is 0 Å². The maximum absolute atomic E-state index is 6.52. The third-order valence-corrected chi connectivity index (χ3v) is 11.4. The molecule has 3 rings (SSSR count). The zero-order valence-corrected chi connectivity index (χ0v) is 22.0. The molecule has 0 aromatic heterocycles. The minimum atomic E-state index is -1.89. The van der Waals surface area contributed by atoms with Gasteiger partial charge >= 0.3 is 0 Å². The summed E-state index contributed by atoms with van der Waals surface area (Å²) in [6.07, 6.45) is -0.513. The topological polar surface area (TPSA) is 39.7 Å². The van der Waals surface area contributed by atoms with Crippen LogP contribution < -0.4 is 5.32 Å². The van der Waals surface area contributed by atoms with E-state index in [0.29, 0.717) is 24.8 Å². The molecule has 0 radical (unpaired) electrons. The predicted octanol–water partition coefficient (Wildman–Crippen LogP) is 5.79. The van der Waals surface area contributed by atoms with Crippen LogP contribution in [-0.2, 0) is 27.1 Å². The SMILES string of the molecule is Cc1ccc(COC2C(CO[Si](C)(C)C(C)(C)C)NC(=S)C2OCc2ccccc2)cc1. The van der Waals surface area contributed by atoms with E-state index in [-0.39, 0.29) is 23.3 Å². The van der Waals surface area contributed by atoms with Gasteiger partial charge in [0.25, 0.3) is 0 Å². The smallest absolute Gasteiger partial charge is 0.192 e. The van der Waals surface area contributed by atoms with Gasteiger partial charge in [-0.05, 0) is 36.2 Å². The number of hydrogen-bond donors (Lipinski definition) is 1. The van der Waals surface area contributed by atoms with E-state index in [4.69, 9.17) is 26.1 Å². The van der Waals surface area contributed by atoms with Crippen molar-refractivity contribution in [1.29, 1.82) is 0 Å². The lowest BCUT2D eigenvalue weighted by Crippen LogP contribution is -2.47. The van der Waals surface area contributed by atoms with Crippen LogP contribution in [0.3, 0.4) is 0 Å². The maximum Gasteiger partial charge on any atom is 0.192 e. The number of benzene rings is 2. The van der Waals surface area contributed by atoms with Crippen molar-refractivity contribution >= 4 is 25.5 Å². The molecule has 32 heavy (non-hydrogen) atoms. The Morgan fingerprint density at radius 2 is 1.50 bits per heavy atom. The minimum Gasteiger partial charge on any atom is -0.415 e. The van der Waals surface area contributed by atoms with E-state index in [9.17, 15) is 0 Å². The molecule has 6 heteroatoms. The number of aryl methyl sites for hydroxylation is 1. The molecule has 1 aliphatic heterocycles. The molecule has 3 atom stereocenters. The largest absolute Gasteiger partial charge is 0.415 e. The highest BCUT2D eigenvalue weighted by Crippen LogP contribution is 2.37. The number of thiocarbonyl (C=S) groups is 1. The van der Waals surface area contributed by atoms with Crippen LogP contribution in [0.15, 0.2) is 54.6 Å². The quantitative estimate of drug-likeness (QED) is 0.370. The summed E-state index contributed by atoms with van der Waals surface area (Å²) in [7, 11) is -1.89. The molecule has 174 valence electrons. The first-order valence-electron chi connectivity index (χ1n) is 11.3.